The Morgan fingerprint density at radius 3 is 2.89 bits per heavy atom. The van der Waals surface area contributed by atoms with Crippen molar-refractivity contribution in [3.8, 4) is 10.6 Å². The molecule has 94 valence electrons. The van der Waals surface area contributed by atoms with Crippen LogP contribution in [-0.4, -0.2) is 28.3 Å². The first-order valence-corrected chi connectivity index (χ1v) is 6.42. The molecule has 3 aromatic rings. The topological polar surface area (TPSA) is 65.0 Å². The molecule has 0 radical (unpaired) electrons. The van der Waals surface area contributed by atoms with Gasteiger partial charge in [-0.3, -0.25) is 0 Å². The highest BCUT2D eigenvalue weighted by molar-refractivity contribution is 7.12. The molecule has 19 heavy (non-hydrogen) atoms. The number of esters is 1. The van der Waals surface area contributed by atoms with E-state index in [9.17, 15) is 4.79 Å². The summed E-state index contributed by atoms with van der Waals surface area (Å²) in [6, 6.07) is 9.20. The number of rotatable bonds is 2. The van der Waals surface area contributed by atoms with Crippen molar-refractivity contribution in [3.63, 3.8) is 0 Å². The quantitative estimate of drug-likeness (QED) is 0.670. The molecule has 3 rings (SSSR count). The predicted octanol–water partition coefficient (Wildman–Crippen LogP) is 2.54. The third-order valence-electron chi connectivity index (χ3n) is 2.72. The molecular weight excluding hydrogens is 262 g/mol. The molecule has 0 fully saturated rings. The molecule has 0 saturated carbocycles. The van der Waals surface area contributed by atoms with Crippen molar-refractivity contribution in [1.29, 1.82) is 0 Å². The molecule has 2 heterocycles. The van der Waals surface area contributed by atoms with Crippen molar-refractivity contribution in [2.75, 3.05) is 7.11 Å². The first-order valence-electron chi connectivity index (χ1n) is 5.54. The molecule has 0 aliphatic carbocycles. The fourth-order valence-electron chi connectivity index (χ4n) is 1.85. The number of methoxy groups -OCH3 is 1. The van der Waals surface area contributed by atoms with Gasteiger partial charge in [-0.1, -0.05) is 23.5 Å². The van der Waals surface area contributed by atoms with Gasteiger partial charge in [0.1, 0.15) is 16.2 Å². The van der Waals surface area contributed by atoms with Crippen LogP contribution in [-0.2, 0) is 4.74 Å². The van der Waals surface area contributed by atoms with Crippen LogP contribution in [0.25, 0.3) is 21.5 Å². The summed E-state index contributed by atoms with van der Waals surface area (Å²) in [5.41, 5.74) is 3.67. The first-order chi connectivity index (χ1) is 9.29. The number of carbonyl (C=O) groups excluding carboxylic acids is 1. The lowest BCUT2D eigenvalue weighted by atomic mass is 10.1. The zero-order valence-electron chi connectivity index (χ0n) is 10.0. The van der Waals surface area contributed by atoms with Crippen LogP contribution in [0.4, 0.5) is 0 Å². The molecular formula is C13H9N3O2S. The minimum Gasteiger partial charge on any atom is -0.464 e. The molecule has 0 saturated heterocycles. The zero-order valence-corrected chi connectivity index (χ0v) is 10.8. The second kappa shape index (κ2) is 4.74. The van der Waals surface area contributed by atoms with E-state index >= 15 is 0 Å². The molecule has 0 aliphatic rings. The highest BCUT2D eigenvalue weighted by atomic mass is 32.1. The smallest absolute Gasteiger partial charge is 0.356 e. The molecule has 0 atom stereocenters. The Kier molecular flexibility index (Phi) is 2.92. The van der Waals surface area contributed by atoms with Crippen LogP contribution in [0.3, 0.4) is 0 Å². The summed E-state index contributed by atoms with van der Waals surface area (Å²) >= 11 is 1.46. The van der Waals surface area contributed by atoms with E-state index in [0.29, 0.717) is 5.69 Å². The molecule has 5 nitrogen and oxygen atoms in total. The van der Waals surface area contributed by atoms with E-state index in [1.807, 2.05) is 24.3 Å². The number of benzene rings is 1. The van der Waals surface area contributed by atoms with Gasteiger partial charge in [0, 0.05) is 10.9 Å². The first kappa shape index (κ1) is 11.7. The molecule has 2 aromatic heterocycles. The summed E-state index contributed by atoms with van der Waals surface area (Å²) in [6.07, 6.45) is 0. The molecule has 0 bridgehead atoms. The minimum absolute atomic E-state index is 0.296. The maximum absolute atomic E-state index is 11.5. The van der Waals surface area contributed by atoms with Gasteiger partial charge in [0.15, 0.2) is 0 Å². The Morgan fingerprint density at radius 1 is 1.26 bits per heavy atom. The number of carbonyl (C=O) groups is 1. The summed E-state index contributed by atoms with van der Waals surface area (Å²) in [6.45, 7) is 0. The van der Waals surface area contributed by atoms with Crippen LogP contribution in [0.1, 0.15) is 10.5 Å². The van der Waals surface area contributed by atoms with Gasteiger partial charge in [0.25, 0.3) is 0 Å². The van der Waals surface area contributed by atoms with Crippen LogP contribution in [0.5, 0.6) is 0 Å². The average molecular weight is 271 g/mol. The molecule has 6 heteroatoms. The fourth-order valence-corrected chi connectivity index (χ4v) is 2.44. The van der Waals surface area contributed by atoms with Gasteiger partial charge in [0.2, 0.25) is 0 Å². The summed E-state index contributed by atoms with van der Waals surface area (Å²) in [5.74, 6) is -0.441. The number of aromatic nitrogens is 3. The van der Waals surface area contributed by atoms with Gasteiger partial charge in [0.05, 0.1) is 12.6 Å². The third-order valence-corrected chi connectivity index (χ3v) is 3.44. The average Bonchev–Trinajstić information content (AvgIpc) is 2.99. The van der Waals surface area contributed by atoms with Gasteiger partial charge >= 0.3 is 5.97 Å². The van der Waals surface area contributed by atoms with Gasteiger partial charge in [-0.05, 0) is 18.2 Å². The second-order valence-electron chi connectivity index (χ2n) is 3.80. The monoisotopic (exact) mass is 271 g/mol. The van der Waals surface area contributed by atoms with Crippen LogP contribution in [0, 0.1) is 0 Å². The molecule has 0 N–H and O–H groups in total. The Balaban J connectivity index is 2.20. The summed E-state index contributed by atoms with van der Waals surface area (Å²) in [5, 5.41) is 9.67. The lowest BCUT2D eigenvalue weighted by molar-refractivity contribution is 0.0594. The van der Waals surface area contributed by atoms with Gasteiger partial charge in [-0.15, -0.1) is 10.2 Å². The predicted molar refractivity (Wildman–Crippen MR) is 72.0 cm³/mol. The lowest BCUT2D eigenvalue weighted by Gasteiger charge is -2.04. The van der Waals surface area contributed by atoms with Crippen molar-refractivity contribution in [1.82, 2.24) is 15.2 Å². The molecule has 0 unspecified atom stereocenters. The van der Waals surface area contributed by atoms with E-state index in [4.69, 9.17) is 0 Å². The highest BCUT2D eigenvalue weighted by Gasteiger charge is 2.11. The van der Waals surface area contributed by atoms with Crippen LogP contribution in [0.2, 0.25) is 0 Å². The van der Waals surface area contributed by atoms with Gasteiger partial charge < -0.3 is 4.74 Å². The Hall–Kier alpha value is -2.34. The van der Waals surface area contributed by atoms with Crippen molar-refractivity contribution >= 4 is 28.2 Å². The van der Waals surface area contributed by atoms with E-state index in [0.717, 1.165) is 21.5 Å². The Bertz CT molecular complexity index is 741. The van der Waals surface area contributed by atoms with E-state index in [-0.39, 0.29) is 0 Å². The lowest BCUT2D eigenvalue weighted by Crippen LogP contribution is -2.03. The SMILES string of the molecule is COC(=O)c1ccc2c(-c3nncs3)cccc2n1. The van der Waals surface area contributed by atoms with E-state index < -0.39 is 5.97 Å². The van der Waals surface area contributed by atoms with Crippen LogP contribution < -0.4 is 0 Å². The molecule has 0 spiro atoms. The number of ether oxygens (including phenoxy) is 1. The highest BCUT2D eigenvalue weighted by Crippen LogP contribution is 2.28. The third kappa shape index (κ3) is 2.06. The number of fused-ring (bicyclic) bond motifs is 1. The fraction of sp³-hybridized carbons (Fsp3) is 0.0769. The second-order valence-corrected chi connectivity index (χ2v) is 4.64. The van der Waals surface area contributed by atoms with Crippen molar-refractivity contribution in [2.45, 2.75) is 0 Å². The summed E-state index contributed by atoms with van der Waals surface area (Å²) in [7, 11) is 1.34. The number of hydrogen-bond acceptors (Lipinski definition) is 6. The molecule has 0 aliphatic heterocycles. The maximum Gasteiger partial charge on any atom is 0.356 e. The van der Waals surface area contributed by atoms with Crippen molar-refractivity contribution in [2.24, 2.45) is 0 Å². The number of nitrogens with zero attached hydrogens (tertiary/aromatic N) is 3. The van der Waals surface area contributed by atoms with Crippen LogP contribution >= 0.6 is 11.3 Å². The standard InChI is InChI=1S/C13H9N3O2S/c1-18-13(17)11-6-5-8-9(12-16-14-7-19-12)3-2-4-10(8)15-11/h2-7H,1H3. The maximum atomic E-state index is 11.5. The largest absolute Gasteiger partial charge is 0.464 e. The van der Waals surface area contributed by atoms with Gasteiger partial charge in [-0.25, -0.2) is 9.78 Å². The van der Waals surface area contributed by atoms with E-state index in [1.165, 1.54) is 18.4 Å². The molecule has 1 aromatic carbocycles. The van der Waals surface area contributed by atoms with E-state index in [2.05, 4.69) is 19.9 Å². The van der Waals surface area contributed by atoms with Gasteiger partial charge in [-0.2, -0.15) is 0 Å². The van der Waals surface area contributed by atoms with Crippen LogP contribution in [0.15, 0.2) is 35.8 Å². The normalized spacial score (nSPS) is 10.6. The summed E-state index contributed by atoms with van der Waals surface area (Å²) < 4.78 is 4.67. The number of hydrogen-bond donors (Lipinski definition) is 0. The minimum atomic E-state index is -0.441. The zero-order chi connectivity index (χ0) is 13.2. The van der Waals surface area contributed by atoms with E-state index in [1.54, 1.807) is 11.6 Å². The van der Waals surface area contributed by atoms with Crippen molar-refractivity contribution < 1.29 is 9.53 Å². The Morgan fingerprint density at radius 2 is 2.16 bits per heavy atom. The van der Waals surface area contributed by atoms with Crippen molar-refractivity contribution in [3.05, 3.63) is 41.5 Å². The number of pyridine rings is 1. The summed E-state index contributed by atoms with van der Waals surface area (Å²) in [4.78, 5) is 15.8. The molecule has 0 amide bonds. The Labute approximate surface area is 112 Å².